The quantitative estimate of drug-likeness (QED) is 0.943. The zero-order valence-electron chi connectivity index (χ0n) is 11.5. The molecule has 0 saturated carbocycles. The van der Waals surface area contributed by atoms with Crippen LogP contribution >= 0.6 is 11.8 Å². The van der Waals surface area contributed by atoms with Crippen molar-refractivity contribution >= 4 is 21.6 Å². The van der Waals surface area contributed by atoms with E-state index in [1.807, 2.05) is 31.2 Å². The lowest BCUT2D eigenvalue weighted by Crippen LogP contribution is -1.98. The fourth-order valence-corrected chi connectivity index (χ4v) is 3.49. The number of rotatable bonds is 4. The van der Waals surface area contributed by atoms with Crippen molar-refractivity contribution in [3.05, 3.63) is 53.6 Å². The molecule has 3 nitrogen and oxygen atoms in total. The first kappa shape index (κ1) is 15.1. The first-order valence-electron chi connectivity index (χ1n) is 6.18. The molecular formula is C15H17NO2S2. The van der Waals surface area contributed by atoms with Gasteiger partial charge in [-0.25, -0.2) is 8.42 Å². The molecule has 0 radical (unpaired) electrons. The van der Waals surface area contributed by atoms with Gasteiger partial charge in [0.05, 0.1) is 4.90 Å². The highest BCUT2D eigenvalue weighted by atomic mass is 32.2. The minimum atomic E-state index is -3.14. The number of hydrogen-bond donors (Lipinski definition) is 1. The predicted octanol–water partition coefficient (Wildman–Crippen LogP) is 3.01. The highest BCUT2D eigenvalue weighted by Crippen LogP contribution is 2.31. The zero-order chi connectivity index (χ0) is 14.8. The molecule has 0 atom stereocenters. The van der Waals surface area contributed by atoms with Gasteiger partial charge in [0.15, 0.2) is 9.84 Å². The molecule has 0 heterocycles. The van der Waals surface area contributed by atoms with Gasteiger partial charge in [0.1, 0.15) is 0 Å². The molecule has 20 heavy (non-hydrogen) atoms. The smallest absolute Gasteiger partial charge is 0.175 e. The third kappa shape index (κ3) is 3.62. The molecule has 0 saturated heterocycles. The summed E-state index contributed by atoms with van der Waals surface area (Å²) in [7, 11) is -3.14. The maximum atomic E-state index is 11.4. The number of nitrogens with two attached hydrogens (primary N) is 1. The molecule has 0 amide bonds. The van der Waals surface area contributed by atoms with Gasteiger partial charge in [-0.1, -0.05) is 23.9 Å². The van der Waals surface area contributed by atoms with E-state index in [9.17, 15) is 8.42 Å². The van der Waals surface area contributed by atoms with Crippen molar-refractivity contribution in [2.45, 2.75) is 28.2 Å². The maximum Gasteiger partial charge on any atom is 0.175 e. The third-order valence-corrected chi connectivity index (χ3v) is 5.16. The Morgan fingerprint density at radius 2 is 1.75 bits per heavy atom. The fraction of sp³-hybridized carbons (Fsp3) is 0.200. The van der Waals surface area contributed by atoms with E-state index in [4.69, 9.17) is 5.73 Å². The Morgan fingerprint density at radius 1 is 1.10 bits per heavy atom. The largest absolute Gasteiger partial charge is 0.326 e. The molecule has 0 bridgehead atoms. The summed E-state index contributed by atoms with van der Waals surface area (Å²) in [4.78, 5) is 2.45. The van der Waals surface area contributed by atoms with Gasteiger partial charge in [-0.15, -0.1) is 0 Å². The lowest BCUT2D eigenvalue weighted by molar-refractivity contribution is 0.602. The second-order valence-corrected chi connectivity index (χ2v) is 7.79. The maximum absolute atomic E-state index is 11.4. The first-order valence-corrected chi connectivity index (χ1v) is 8.88. The van der Waals surface area contributed by atoms with Crippen LogP contribution in [0.4, 0.5) is 0 Å². The van der Waals surface area contributed by atoms with Crippen LogP contribution in [0.5, 0.6) is 0 Å². The number of benzene rings is 2. The Balaban J connectivity index is 2.29. The van der Waals surface area contributed by atoms with Crippen molar-refractivity contribution in [2.24, 2.45) is 5.73 Å². The minimum Gasteiger partial charge on any atom is -0.326 e. The molecule has 2 aromatic rings. The van der Waals surface area contributed by atoms with E-state index in [0.717, 1.165) is 15.4 Å². The minimum absolute atomic E-state index is 0.338. The Bertz CT molecular complexity index is 707. The molecule has 5 heteroatoms. The molecule has 0 aliphatic carbocycles. The van der Waals surface area contributed by atoms with Gasteiger partial charge in [0.2, 0.25) is 0 Å². The van der Waals surface area contributed by atoms with E-state index in [2.05, 4.69) is 6.07 Å². The first-order chi connectivity index (χ1) is 9.40. The SMILES string of the molecule is Cc1ccc(CN)c(Sc2ccc(S(C)(=O)=O)cc2)c1. The van der Waals surface area contributed by atoms with Crippen LogP contribution in [0.25, 0.3) is 0 Å². The summed E-state index contributed by atoms with van der Waals surface area (Å²) >= 11 is 1.60. The van der Waals surface area contributed by atoms with Crippen LogP contribution in [0.15, 0.2) is 57.2 Å². The Kier molecular flexibility index (Phi) is 4.52. The summed E-state index contributed by atoms with van der Waals surface area (Å²) in [6.45, 7) is 2.53. The summed E-state index contributed by atoms with van der Waals surface area (Å²) in [5, 5.41) is 0. The second-order valence-electron chi connectivity index (χ2n) is 4.66. The standard InChI is InChI=1S/C15H17NO2S2/c1-11-3-4-12(10-16)15(9-11)19-13-5-7-14(8-6-13)20(2,17)18/h3-9H,10,16H2,1-2H3. The van der Waals surface area contributed by atoms with Crippen molar-refractivity contribution < 1.29 is 8.42 Å². The van der Waals surface area contributed by atoms with Crippen molar-refractivity contribution in [3.63, 3.8) is 0 Å². The number of sulfone groups is 1. The molecule has 0 unspecified atom stereocenters. The van der Waals surface area contributed by atoms with Crippen molar-refractivity contribution in [1.29, 1.82) is 0 Å². The highest BCUT2D eigenvalue weighted by Gasteiger charge is 2.08. The van der Waals surface area contributed by atoms with Crippen LogP contribution < -0.4 is 5.73 Å². The molecule has 0 aromatic heterocycles. The number of aryl methyl sites for hydroxylation is 1. The van der Waals surface area contributed by atoms with Crippen molar-refractivity contribution in [2.75, 3.05) is 6.26 Å². The highest BCUT2D eigenvalue weighted by molar-refractivity contribution is 7.99. The van der Waals surface area contributed by atoms with Gasteiger partial charge in [0.25, 0.3) is 0 Å². The third-order valence-electron chi connectivity index (χ3n) is 2.92. The molecule has 0 aliphatic rings. The van der Waals surface area contributed by atoms with Gasteiger partial charge >= 0.3 is 0 Å². The van der Waals surface area contributed by atoms with E-state index >= 15 is 0 Å². The van der Waals surface area contributed by atoms with Crippen LogP contribution in [0.3, 0.4) is 0 Å². The normalized spacial score (nSPS) is 11.6. The van der Waals surface area contributed by atoms with Crippen LogP contribution in [-0.2, 0) is 16.4 Å². The summed E-state index contributed by atoms with van der Waals surface area (Å²) in [5.74, 6) is 0. The fourth-order valence-electron chi connectivity index (χ4n) is 1.81. The Morgan fingerprint density at radius 3 is 2.30 bits per heavy atom. The zero-order valence-corrected chi connectivity index (χ0v) is 13.1. The van der Waals surface area contributed by atoms with E-state index in [0.29, 0.717) is 11.4 Å². The monoisotopic (exact) mass is 307 g/mol. The van der Waals surface area contributed by atoms with E-state index in [1.165, 1.54) is 11.8 Å². The van der Waals surface area contributed by atoms with E-state index in [-0.39, 0.29) is 0 Å². The van der Waals surface area contributed by atoms with Crippen molar-refractivity contribution in [1.82, 2.24) is 0 Å². The number of hydrogen-bond acceptors (Lipinski definition) is 4. The molecule has 0 aliphatic heterocycles. The summed E-state index contributed by atoms with van der Waals surface area (Å²) in [6.07, 6.45) is 1.21. The molecule has 2 N–H and O–H groups in total. The van der Waals surface area contributed by atoms with Crippen LogP contribution in [0.2, 0.25) is 0 Å². The lowest BCUT2D eigenvalue weighted by atomic mass is 10.1. The topological polar surface area (TPSA) is 60.2 Å². The molecular weight excluding hydrogens is 290 g/mol. The van der Waals surface area contributed by atoms with Gasteiger partial charge in [-0.2, -0.15) is 0 Å². The average Bonchev–Trinajstić information content (AvgIpc) is 2.38. The Hall–Kier alpha value is -1.30. The van der Waals surface area contributed by atoms with E-state index in [1.54, 1.807) is 23.9 Å². The summed E-state index contributed by atoms with van der Waals surface area (Å²) in [6, 6.07) is 13.1. The van der Waals surface area contributed by atoms with Crippen molar-refractivity contribution in [3.8, 4) is 0 Å². The second kappa shape index (κ2) is 5.99. The van der Waals surface area contributed by atoms with Gasteiger partial charge in [0, 0.05) is 22.6 Å². The van der Waals surface area contributed by atoms with Crippen LogP contribution in [-0.4, -0.2) is 14.7 Å². The van der Waals surface area contributed by atoms with Gasteiger partial charge in [-0.05, 0) is 48.4 Å². The molecule has 2 rings (SSSR count). The summed E-state index contributed by atoms with van der Waals surface area (Å²) < 4.78 is 22.8. The van der Waals surface area contributed by atoms with Gasteiger partial charge < -0.3 is 5.73 Å². The average molecular weight is 307 g/mol. The van der Waals surface area contributed by atoms with Gasteiger partial charge in [-0.3, -0.25) is 0 Å². The van der Waals surface area contributed by atoms with Crippen LogP contribution in [0.1, 0.15) is 11.1 Å². The molecule has 0 spiro atoms. The molecule has 0 fully saturated rings. The molecule has 2 aromatic carbocycles. The summed E-state index contributed by atoms with van der Waals surface area (Å²) in [5.41, 5.74) is 8.01. The Labute approximate surface area is 124 Å². The van der Waals surface area contributed by atoms with Crippen LogP contribution in [0, 0.1) is 6.92 Å². The molecule has 106 valence electrons. The van der Waals surface area contributed by atoms with E-state index < -0.39 is 9.84 Å². The predicted molar refractivity (Wildman–Crippen MR) is 82.7 cm³/mol. The lowest BCUT2D eigenvalue weighted by Gasteiger charge is -2.09.